The van der Waals surface area contributed by atoms with E-state index in [2.05, 4.69) is 15.1 Å². The number of aryl methyl sites for hydroxylation is 1. The topological polar surface area (TPSA) is 76.0 Å². The van der Waals surface area contributed by atoms with Crippen molar-refractivity contribution in [3.63, 3.8) is 0 Å². The lowest BCUT2D eigenvalue weighted by Gasteiger charge is -2.11. The van der Waals surface area contributed by atoms with Gasteiger partial charge in [0.2, 0.25) is 10.0 Å². The Balaban J connectivity index is 2.13. The molecule has 0 aromatic carbocycles. The van der Waals surface area contributed by atoms with Crippen molar-refractivity contribution in [1.29, 1.82) is 0 Å². The fourth-order valence-corrected chi connectivity index (χ4v) is 5.36. The number of nitrogens with one attached hydrogen (secondary N) is 2. The zero-order chi connectivity index (χ0) is 15.5. The van der Waals surface area contributed by atoms with Gasteiger partial charge >= 0.3 is 0 Å². The third-order valence-corrected chi connectivity index (χ3v) is 6.65. The third kappa shape index (κ3) is 4.00. The van der Waals surface area contributed by atoms with Gasteiger partial charge in [0.05, 0.1) is 17.9 Å². The lowest BCUT2D eigenvalue weighted by molar-refractivity contribution is 0.543. The average Bonchev–Trinajstić information content (AvgIpc) is 3.03. The first kappa shape index (κ1) is 16.8. The maximum Gasteiger partial charge on any atom is 0.244 e. The van der Waals surface area contributed by atoms with E-state index in [1.165, 1.54) is 0 Å². The van der Waals surface area contributed by atoms with Crippen LogP contribution in [-0.4, -0.2) is 49.8 Å². The number of hydrogen-bond donors (Lipinski definition) is 2. The van der Waals surface area contributed by atoms with Crippen molar-refractivity contribution in [1.82, 2.24) is 19.8 Å². The lowest BCUT2D eigenvalue weighted by atomic mass is 10.1. The van der Waals surface area contributed by atoms with Crippen LogP contribution in [0.15, 0.2) is 4.90 Å². The molecular weight excluding hydrogens is 308 g/mol. The van der Waals surface area contributed by atoms with Gasteiger partial charge in [0.15, 0.2) is 0 Å². The zero-order valence-corrected chi connectivity index (χ0v) is 14.5. The Labute approximate surface area is 131 Å². The van der Waals surface area contributed by atoms with Gasteiger partial charge in [-0.25, -0.2) is 13.1 Å². The highest BCUT2D eigenvalue weighted by molar-refractivity contribution is 7.99. The molecule has 1 unspecified atom stereocenters. The molecule has 0 bridgehead atoms. The van der Waals surface area contributed by atoms with Crippen LogP contribution < -0.4 is 10.0 Å². The Morgan fingerprint density at radius 3 is 2.81 bits per heavy atom. The van der Waals surface area contributed by atoms with Crippen LogP contribution in [-0.2, 0) is 16.6 Å². The van der Waals surface area contributed by atoms with Crippen molar-refractivity contribution >= 4 is 21.8 Å². The summed E-state index contributed by atoms with van der Waals surface area (Å²) >= 11 is 1.89. The molecular formula is C13H24N4O2S2. The second-order valence-electron chi connectivity index (χ2n) is 5.41. The van der Waals surface area contributed by atoms with Gasteiger partial charge in [-0.2, -0.15) is 16.9 Å². The maximum absolute atomic E-state index is 12.5. The number of sulfonamides is 1. The lowest BCUT2D eigenvalue weighted by Crippen LogP contribution is -2.30. The number of likely N-dealkylation sites (N-methyl/N-ethyl adjacent to an activating group) is 1. The fourth-order valence-electron chi connectivity index (χ4n) is 2.55. The molecule has 1 aromatic rings. The predicted octanol–water partition coefficient (Wildman–Crippen LogP) is 0.751. The number of hydrogen-bond acceptors (Lipinski definition) is 5. The van der Waals surface area contributed by atoms with Gasteiger partial charge in [-0.15, -0.1) is 0 Å². The minimum atomic E-state index is -3.48. The van der Waals surface area contributed by atoms with E-state index in [4.69, 9.17) is 0 Å². The number of aromatic nitrogens is 2. The van der Waals surface area contributed by atoms with E-state index in [9.17, 15) is 8.42 Å². The largest absolute Gasteiger partial charge is 0.318 e. The molecule has 1 saturated heterocycles. The van der Waals surface area contributed by atoms with E-state index in [0.717, 1.165) is 24.5 Å². The summed E-state index contributed by atoms with van der Waals surface area (Å²) in [6.45, 7) is 5.51. The summed E-state index contributed by atoms with van der Waals surface area (Å²) in [5.41, 5.74) is 1.27. The summed E-state index contributed by atoms with van der Waals surface area (Å²) in [7, 11) is -1.61. The molecule has 0 aliphatic carbocycles. The second kappa shape index (κ2) is 7.13. The average molecular weight is 332 g/mol. The van der Waals surface area contributed by atoms with Crippen molar-refractivity contribution in [2.24, 2.45) is 5.92 Å². The predicted molar refractivity (Wildman–Crippen MR) is 86.2 cm³/mol. The summed E-state index contributed by atoms with van der Waals surface area (Å²) in [6.07, 6.45) is 1.09. The maximum atomic E-state index is 12.5. The third-order valence-electron chi connectivity index (χ3n) is 3.74. The number of rotatable bonds is 7. The molecule has 120 valence electrons. The van der Waals surface area contributed by atoms with Crippen molar-refractivity contribution in [3.05, 3.63) is 11.4 Å². The molecule has 0 spiro atoms. The van der Waals surface area contributed by atoms with Crippen LogP contribution in [0.5, 0.6) is 0 Å². The first-order valence-electron chi connectivity index (χ1n) is 7.21. The summed E-state index contributed by atoms with van der Waals surface area (Å²) in [6, 6.07) is 0. The molecule has 8 heteroatoms. The van der Waals surface area contributed by atoms with E-state index < -0.39 is 10.0 Å². The van der Waals surface area contributed by atoms with Gasteiger partial charge in [0.1, 0.15) is 4.90 Å². The molecule has 1 aromatic heterocycles. The Morgan fingerprint density at radius 1 is 1.43 bits per heavy atom. The van der Waals surface area contributed by atoms with Gasteiger partial charge in [0, 0.05) is 13.1 Å². The molecule has 2 rings (SSSR count). The summed E-state index contributed by atoms with van der Waals surface area (Å²) in [5.74, 6) is 2.62. The van der Waals surface area contributed by atoms with Crippen molar-refractivity contribution in [2.75, 3.05) is 31.6 Å². The van der Waals surface area contributed by atoms with Crippen LogP contribution in [0.1, 0.15) is 17.8 Å². The highest BCUT2D eigenvalue weighted by Crippen LogP contribution is 2.24. The van der Waals surface area contributed by atoms with Crippen molar-refractivity contribution < 1.29 is 8.42 Å². The fraction of sp³-hybridized carbons (Fsp3) is 0.769. The highest BCUT2D eigenvalue weighted by atomic mass is 32.2. The SMILES string of the molecule is CNCCn1nc(C)c(S(=O)(=O)NCC2CCSC2)c1C. The monoisotopic (exact) mass is 332 g/mol. The first-order valence-corrected chi connectivity index (χ1v) is 9.85. The smallest absolute Gasteiger partial charge is 0.244 e. The first-order chi connectivity index (χ1) is 9.95. The minimum Gasteiger partial charge on any atom is -0.318 e. The summed E-state index contributed by atoms with van der Waals surface area (Å²) in [5, 5.41) is 7.39. The van der Waals surface area contributed by atoms with Crippen molar-refractivity contribution in [3.8, 4) is 0 Å². The van der Waals surface area contributed by atoms with Gasteiger partial charge in [-0.05, 0) is 44.7 Å². The Kier molecular flexibility index (Phi) is 5.70. The molecule has 2 heterocycles. The van der Waals surface area contributed by atoms with Gasteiger partial charge in [0.25, 0.3) is 0 Å². The molecule has 2 N–H and O–H groups in total. The minimum absolute atomic E-state index is 0.337. The van der Waals surface area contributed by atoms with Gasteiger partial charge in [-0.1, -0.05) is 0 Å². The van der Waals surface area contributed by atoms with E-state index >= 15 is 0 Å². The van der Waals surface area contributed by atoms with Crippen LogP contribution >= 0.6 is 11.8 Å². The summed E-state index contributed by atoms with van der Waals surface area (Å²) < 4.78 is 29.6. The molecule has 1 aliphatic rings. The van der Waals surface area contributed by atoms with Crippen LogP contribution in [0, 0.1) is 19.8 Å². The second-order valence-corrected chi connectivity index (χ2v) is 8.26. The zero-order valence-electron chi connectivity index (χ0n) is 12.8. The van der Waals surface area contributed by atoms with Crippen LogP contribution in [0.25, 0.3) is 0 Å². The molecule has 21 heavy (non-hydrogen) atoms. The van der Waals surface area contributed by atoms with Crippen LogP contribution in [0.4, 0.5) is 0 Å². The Bertz CT molecular complexity index is 577. The van der Waals surface area contributed by atoms with E-state index in [1.807, 2.05) is 25.7 Å². The summed E-state index contributed by atoms with van der Waals surface area (Å²) in [4.78, 5) is 0.337. The van der Waals surface area contributed by atoms with Gasteiger partial charge in [-0.3, -0.25) is 4.68 Å². The van der Waals surface area contributed by atoms with Gasteiger partial charge < -0.3 is 5.32 Å². The molecule has 1 fully saturated rings. The molecule has 1 aliphatic heterocycles. The van der Waals surface area contributed by atoms with Crippen molar-refractivity contribution in [2.45, 2.75) is 31.7 Å². The van der Waals surface area contributed by atoms with E-state index in [0.29, 0.717) is 35.3 Å². The normalized spacial score (nSPS) is 19.3. The van der Waals surface area contributed by atoms with E-state index in [1.54, 1.807) is 11.6 Å². The number of nitrogens with zero attached hydrogens (tertiary/aromatic N) is 2. The molecule has 0 saturated carbocycles. The molecule has 0 radical (unpaired) electrons. The molecule has 1 atom stereocenters. The van der Waals surface area contributed by atoms with E-state index in [-0.39, 0.29) is 0 Å². The standard InChI is InChI=1S/C13H24N4O2S2/c1-10-13(11(2)17(16-10)6-5-14-3)21(18,19)15-8-12-4-7-20-9-12/h12,14-15H,4-9H2,1-3H3. The molecule has 0 amide bonds. The van der Waals surface area contributed by atoms with Crippen LogP contribution in [0.2, 0.25) is 0 Å². The number of thioether (sulfide) groups is 1. The Morgan fingerprint density at radius 2 is 2.19 bits per heavy atom. The van der Waals surface area contributed by atoms with Crippen LogP contribution in [0.3, 0.4) is 0 Å². The molecule has 6 nitrogen and oxygen atoms in total. The Hall–Kier alpha value is -0.570. The highest BCUT2D eigenvalue weighted by Gasteiger charge is 2.26. The quantitative estimate of drug-likeness (QED) is 0.771.